The lowest BCUT2D eigenvalue weighted by molar-refractivity contribution is 0.304. The summed E-state index contributed by atoms with van der Waals surface area (Å²) < 4.78 is 5.58. The molecule has 0 fully saturated rings. The molecule has 1 rings (SSSR count). The molecule has 0 aromatic heterocycles. The lowest BCUT2D eigenvalue weighted by atomic mass is 10.1. The predicted molar refractivity (Wildman–Crippen MR) is 68.9 cm³/mol. The fraction of sp³-hybridized carbons (Fsp3) is 0.500. The van der Waals surface area contributed by atoms with Gasteiger partial charge in [-0.05, 0) is 31.5 Å². The topological polar surface area (TPSA) is 45.0 Å². The predicted octanol–water partition coefficient (Wildman–Crippen LogP) is 2.74. The van der Waals surface area contributed by atoms with Crippen molar-refractivity contribution < 1.29 is 4.74 Å². The van der Waals surface area contributed by atoms with Crippen molar-refractivity contribution in [3.63, 3.8) is 0 Å². The normalized spacial score (nSPS) is 11.8. The largest absolute Gasteiger partial charge is 0.494 e. The molecule has 0 saturated carbocycles. The monoisotopic (exact) mass is 232 g/mol. The third-order valence-corrected chi connectivity index (χ3v) is 2.60. The molecule has 0 aliphatic rings. The SMILES string of the molecule is CCC(CC#N)NCCCOc1ccccc1. The second kappa shape index (κ2) is 8.60. The minimum absolute atomic E-state index is 0.316. The molecule has 17 heavy (non-hydrogen) atoms. The van der Waals surface area contributed by atoms with Gasteiger partial charge >= 0.3 is 0 Å². The summed E-state index contributed by atoms with van der Waals surface area (Å²) in [5, 5.41) is 12.0. The fourth-order valence-electron chi connectivity index (χ4n) is 1.56. The molecule has 0 radical (unpaired) electrons. The van der Waals surface area contributed by atoms with Crippen LogP contribution in [0.5, 0.6) is 5.75 Å². The van der Waals surface area contributed by atoms with Crippen molar-refractivity contribution in [2.24, 2.45) is 0 Å². The molecule has 3 nitrogen and oxygen atoms in total. The third kappa shape index (κ3) is 5.94. The molecule has 0 amide bonds. The van der Waals surface area contributed by atoms with Crippen LogP contribution in [0.4, 0.5) is 0 Å². The summed E-state index contributed by atoms with van der Waals surface area (Å²) >= 11 is 0. The third-order valence-electron chi connectivity index (χ3n) is 2.60. The highest BCUT2D eigenvalue weighted by Gasteiger charge is 2.03. The van der Waals surface area contributed by atoms with Crippen molar-refractivity contribution in [2.45, 2.75) is 32.2 Å². The molecule has 0 spiro atoms. The van der Waals surface area contributed by atoms with Gasteiger partial charge in [0.05, 0.1) is 19.1 Å². The van der Waals surface area contributed by atoms with Crippen LogP contribution in [0.25, 0.3) is 0 Å². The Hall–Kier alpha value is -1.53. The van der Waals surface area contributed by atoms with Gasteiger partial charge in [0.1, 0.15) is 5.75 Å². The maximum Gasteiger partial charge on any atom is 0.119 e. The van der Waals surface area contributed by atoms with E-state index in [0.29, 0.717) is 19.1 Å². The Bertz CT molecular complexity index is 332. The smallest absolute Gasteiger partial charge is 0.119 e. The molecule has 1 atom stereocenters. The average molecular weight is 232 g/mol. The Morgan fingerprint density at radius 1 is 1.35 bits per heavy atom. The van der Waals surface area contributed by atoms with Gasteiger partial charge in [0.2, 0.25) is 0 Å². The minimum atomic E-state index is 0.316. The fourth-order valence-corrected chi connectivity index (χ4v) is 1.56. The van der Waals surface area contributed by atoms with Crippen LogP contribution < -0.4 is 10.1 Å². The van der Waals surface area contributed by atoms with Gasteiger partial charge in [0, 0.05) is 6.04 Å². The molecular weight excluding hydrogens is 212 g/mol. The number of nitrogens with zero attached hydrogens (tertiary/aromatic N) is 1. The molecule has 0 aliphatic carbocycles. The van der Waals surface area contributed by atoms with E-state index in [2.05, 4.69) is 18.3 Å². The Morgan fingerprint density at radius 2 is 2.12 bits per heavy atom. The van der Waals surface area contributed by atoms with Gasteiger partial charge in [0.15, 0.2) is 0 Å². The highest BCUT2D eigenvalue weighted by atomic mass is 16.5. The summed E-state index contributed by atoms with van der Waals surface area (Å²) in [6, 6.07) is 12.3. The number of hydrogen-bond acceptors (Lipinski definition) is 3. The van der Waals surface area contributed by atoms with Gasteiger partial charge in [-0.1, -0.05) is 25.1 Å². The number of hydrogen-bond donors (Lipinski definition) is 1. The first-order valence-corrected chi connectivity index (χ1v) is 6.15. The van der Waals surface area contributed by atoms with Crippen LogP contribution >= 0.6 is 0 Å². The van der Waals surface area contributed by atoms with Crippen molar-refractivity contribution in [3.8, 4) is 11.8 Å². The van der Waals surface area contributed by atoms with Crippen molar-refractivity contribution in [1.29, 1.82) is 5.26 Å². The first kappa shape index (κ1) is 13.5. The van der Waals surface area contributed by atoms with Crippen molar-refractivity contribution in [2.75, 3.05) is 13.2 Å². The maximum absolute atomic E-state index is 8.60. The van der Waals surface area contributed by atoms with Crippen LogP contribution in [0, 0.1) is 11.3 Å². The zero-order valence-corrected chi connectivity index (χ0v) is 10.4. The van der Waals surface area contributed by atoms with Crippen LogP contribution in [0.2, 0.25) is 0 Å². The molecule has 1 unspecified atom stereocenters. The van der Waals surface area contributed by atoms with E-state index in [9.17, 15) is 0 Å². The van der Waals surface area contributed by atoms with E-state index in [0.717, 1.165) is 25.1 Å². The minimum Gasteiger partial charge on any atom is -0.494 e. The Kier molecular flexibility index (Phi) is 6.85. The molecule has 92 valence electrons. The first-order chi connectivity index (χ1) is 8.36. The number of benzene rings is 1. The summed E-state index contributed by atoms with van der Waals surface area (Å²) in [4.78, 5) is 0. The molecular formula is C14H20N2O. The van der Waals surface area contributed by atoms with Crippen molar-refractivity contribution in [3.05, 3.63) is 30.3 Å². The molecule has 1 aromatic carbocycles. The summed E-state index contributed by atoms with van der Waals surface area (Å²) in [5.74, 6) is 0.913. The highest BCUT2D eigenvalue weighted by Crippen LogP contribution is 2.08. The van der Waals surface area contributed by atoms with Gasteiger partial charge in [-0.2, -0.15) is 5.26 Å². The molecule has 0 bridgehead atoms. The molecule has 1 N–H and O–H groups in total. The van der Waals surface area contributed by atoms with E-state index < -0.39 is 0 Å². The van der Waals surface area contributed by atoms with E-state index in [1.807, 2.05) is 30.3 Å². The quantitative estimate of drug-likeness (QED) is 0.701. The van der Waals surface area contributed by atoms with Crippen LogP contribution in [0.3, 0.4) is 0 Å². The van der Waals surface area contributed by atoms with Crippen LogP contribution in [-0.2, 0) is 0 Å². The van der Waals surface area contributed by atoms with Crippen LogP contribution in [0.15, 0.2) is 30.3 Å². The second-order valence-corrected chi connectivity index (χ2v) is 3.94. The standard InChI is InChI=1S/C14H20N2O/c1-2-13(9-10-15)16-11-6-12-17-14-7-4-3-5-8-14/h3-5,7-8,13,16H,2,6,9,11-12H2,1H3. The number of nitriles is 1. The molecule has 0 saturated heterocycles. The van der Waals surface area contributed by atoms with Gasteiger partial charge in [-0.3, -0.25) is 0 Å². The van der Waals surface area contributed by atoms with E-state index in [4.69, 9.17) is 10.00 Å². The molecule has 0 heterocycles. The average Bonchev–Trinajstić information content (AvgIpc) is 2.38. The Labute approximate surface area is 103 Å². The Balaban J connectivity index is 2.07. The lowest BCUT2D eigenvalue weighted by Crippen LogP contribution is -2.29. The van der Waals surface area contributed by atoms with Crippen molar-refractivity contribution >= 4 is 0 Å². The Morgan fingerprint density at radius 3 is 2.76 bits per heavy atom. The maximum atomic E-state index is 8.60. The zero-order valence-electron chi connectivity index (χ0n) is 10.4. The zero-order chi connectivity index (χ0) is 12.3. The van der Waals surface area contributed by atoms with E-state index in [1.165, 1.54) is 0 Å². The molecule has 3 heteroatoms. The summed E-state index contributed by atoms with van der Waals surface area (Å²) in [7, 11) is 0. The van der Waals surface area contributed by atoms with Gasteiger partial charge in [-0.15, -0.1) is 0 Å². The van der Waals surface area contributed by atoms with E-state index >= 15 is 0 Å². The van der Waals surface area contributed by atoms with Gasteiger partial charge in [-0.25, -0.2) is 0 Å². The summed E-state index contributed by atoms with van der Waals surface area (Å²) in [5.41, 5.74) is 0. The van der Waals surface area contributed by atoms with Gasteiger partial charge in [0.25, 0.3) is 0 Å². The lowest BCUT2D eigenvalue weighted by Gasteiger charge is -2.13. The summed E-state index contributed by atoms with van der Waals surface area (Å²) in [6.45, 7) is 3.70. The van der Waals surface area contributed by atoms with E-state index in [1.54, 1.807) is 0 Å². The van der Waals surface area contributed by atoms with Gasteiger partial charge < -0.3 is 10.1 Å². The number of nitrogens with one attached hydrogen (secondary N) is 1. The molecule has 0 aliphatic heterocycles. The van der Waals surface area contributed by atoms with E-state index in [-0.39, 0.29) is 0 Å². The number of ether oxygens (including phenoxy) is 1. The van der Waals surface area contributed by atoms with Crippen molar-refractivity contribution in [1.82, 2.24) is 5.32 Å². The van der Waals surface area contributed by atoms with Crippen LogP contribution in [0.1, 0.15) is 26.2 Å². The second-order valence-electron chi connectivity index (χ2n) is 3.94. The number of rotatable bonds is 8. The first-order valence-electron chi connectivity index (χ1n) is 6.15. The highest BCUT2D eigenvalue weighted by molar-refractivity contribution is 5.20. The van der Waals surface area contributed by atoms with Crippen LogP contribution in [-0.4, -0.2) is 19.2 Å². The number of para-hydroxylation sites is 1. The summed E-state index contributed by atoms with van der Waals surface area (Å²) in [6.07, 6.45) is 2.53. The molecule has 1 aromatic rings.